The van der Waals surface area contributed by atoms with Gasteiger partial charge in [0.2, 0.25) is 0 Å². The van der Waals surface area contributed by atoms with Crippen LogP contribution in [0.4, 0.5) is 0 Å². The molecule has 1 fully saturated rings. The smallest absolute Gasteiger partial charge is 0.279 e. The van der Waals surface area contributed by atoms with Crippen molar-refractivity contribution in [2.75, 3.05) is 46.4 Å². The number of nitrogens with zero attached hydrogens (tertiary/aromatic N) is 2. The van der Waals surface area contributed by atoms with E-state index in [9.17, 15) is 8.42 Å². The van der Waals surface area contributed by atoms with Gasteiger partial charge in [0.05, 0.1) is 6.61 Å². The molecule has 0 atom stereocenters. The predicted molar refractivity (Wildman–Crippen MR) is 57.7 cm³/mol. The van der Waals surface area contributed by atoms with E-state index >= 15 is 0 Å². The first-order valence-corrected chi connectivity index (χ1v) is 6.56. The SMILES string of the molecule is CNS(=O)(=O)N1CCCN(CCO)CC1. The van der Waals surface area contributed by atoms with E-state index in [-0.39, 0.29) is 6.61 Å². The van der Waals surface area contributed by atoms with Crippen molar-refractivity contribution in [2.45, 2.75) is 6.42 Å². The van der Waals surface area contributed by atoms with Gasteiger partial charge in [-0.2, -0.15) is 12.7 Å². The third-order valence-corrected chi connectivity index (χ3v) is 4.12. The molecule has 1 saturated heterocycles. The number of rotatable bonds is 4. The number of β-amino-alcohol motifs (C(OH)–C–C–N with tert-alkyl or cyclic N) is 1. The average molecular weight is 237 g/mol. The van der Waals surface area contributed by atoms with Crippen LogP contribution >= 0.6 is 0 Å². The lowest BCUT2D eigenvalue weighted by Gasteiger charge is -2.20. The molecule has 0 radical (unpaired) electrons. The fourth-order valence-corrected chi connectivity index (χ4v) is 2.63. The molecule has 1 heterocycles. The van der Waals surface area contributed by atoms with E-state index in [2.05, 4.69) is 9.62 Å². The number of aliphatic hydroxyl groups excluding tert-OH is 1. The minimum absolute atomic E-state index is 0.124. The molecule has 2 N–H and O–H groups in total. The zero-order valence-electron chi connectivity index (χ0n) is 9.02. The van der Waals surface area contributed by atoms with E-state index in [0.717, 1.165) is 13.0 Å². The topological polar surface area (TPSA) is 72.9 Å². The van der Waals surface area contributed by atoms with Gasteiger partial charge in [-0.15, -0.1) is 0 Å². The zero-order chi connectivity index (χ0) is 11.3. The molecule has 0 bridgehead atoms. The number of hydrogen-bond acceptors (Lipinski definition) is 4. The van der Waals surface area contributed by atoms with Gasteiger partial charge in [-0.1, -0.05) is 0 Å². The summed E-state index contributed by atoms with van der Waals surface area (Å²) >= 11 is 0. The second-order valence-electron chi connectivity index (χ2n) is 3.53. The molecule has 1 aliphatic rings. The van der Waals surface area contributed by atoms with Gasteiger partial charge in [-0.05, 0) is 13.0 Å². The van der Waals surface area contributed by atoms with Crippen LogP contribution in [-0.2, 0) is 10.2 Å². The fraction of sp³-hybridized carbons (Fsp3) is 1.00. The average Bonchev–Trinajstić information content (AvgIpc) is 2.44. The first-order chi connectivity index (χ1) is 7.10. The van der Waals surface area contributed by atoms with Gasteiger partial charge in [0.25, 0.3) is 10.2 Å². The molecular formula is C8H19N3O3S. The lowest BCUT2D eigenvalue weighted by Crippen LogP contribution is -2.41. The van der Waals surface area contributed by atoms with E-state index in [1.54, 1.807) is 0 Å². The highest BCUT2D eigenvalue weighted by atomic mass is 32.2. The minimum Gasteiger partial charge on any atom is -0.395 e. The van der Waals surface area contributed by atoms with Crippen LogP contribution < -0.4 is 4.72 Å². The molecule has 6 nitrogen and oxygen atoms in total. The van der Waals surface area contributed by atoms with Crippen LogP contribution in [0.25, 0.3) is 0 Å². The van der Waals surface area contributed by atoms with E-state index in [0.29, 0.717) is 26.2 Å². The van der Waals surface area contributed by atoms with Crippen molar-refractivity contribution in [2.24, 2.45) is 0 Å². The van der Waals surface area contributed by atoms with Crippen molar-refractivity contribution in [3.05, 3.63) is 0 Å². The van der Waals surface area contributed by atoms with Crippen LogP contribution in [0.15, 0.2) is 0 Å². The zero-order valence-corrected chi connectivity index (χ0v) is 9.83. The lowest BCUT2D eigenvalue weighted by molar-refractivity contribution is 0.202. The second-order valence-corrected chi connectivity index (χ2v) is 5.40. The van der Waals surface area contributed by atoms with Gasteiger partial charge >= 0.3 is 0 Å². The van der Waals surface area contributed by atoms with Gasteiger partial charge in [-0.3, -0.25) is 4.90 Å². The van der Waals surface area contributed by atoms with Crippen molar-refractivity contribution in [3.63, 3.8) is 0 Å². The van der Waals surface area contributed by atoms with Crippen LogP contribution in [0.2, 0.25) is 0 Å². The summed E-state index contributed by atoms with van der Waals surface area (Å²) in [6.07, 6.45) is 0.806. The second kappa shape index (κ2) is 5.76. The molecule has 0 aromatic carbocycles. The maximum Gasteiger partial charge on any atom is 0.279 e. The molecule has 1 aliphatic heterocycles. The first kappa shape index (κ1) is 12.9. The quantitative estimate of drug-likeness (QED) is 0.621. The molecular weight excluding hydrogens is 218 g/mol. The normalized spacial score (nSPS) is 21.5. The summed E-state index contributed by atoms with van der Waals surface area (Å²) in [7, 11) is -1.87. The molecule has 0 saturated carbocycles. The summed E-state index contributed by atoms with van der Waals surface area (Å²) in [5, 5.41) is 8.80. The van der Waals surface area contributed by atoms with E-state index in [1.165, 1.54) is 11.4 Å². The van der Waals surface area contributed by atoms with Crippen LogP contribution in [-0.4, -0.2) is 69.1 Å². The summed E-state index contributed by atoms with van der Waals surface area (Å²) in [6.45, 7) is 3.30. The van der Waals surface area contributed by atoms with Crippen molar-refractivity contribution >= 4 is 10.2 Å². The highest BCUT2D eigenvalue weighted by molar-refractivity contribution is 7.87. The van der Waals surface area contributed by atoms with E-state index in [4.69, 9.17) is 5.11 Å². The number of nitrogens with one attached hydrogen (secondary N) is 1. The van der Waals surface area contributed by atoms with Crippen molar-refractivity contribution in [3.8, 4) is 0 Å². The summed E-state index contributed by atoms with van der Waals surface area (Å²) in [5.74, 6) is 0. The van der Waals surface area contributed by atoms with Crippen molar-refractivity contribution < 1.29 is 13.5 Å². The molecule has 0 amide bonds. The van der Waals surface area contributed by atoms with Crippen LogP contribution in [0.1, 0.15) is 6.42 Å². The minimum atomic E-state index is -3.29. The number of hydrogen-bond donors (Lipinski definition) is 2. The fourth-order valence-electron chi connectivity index (χ4n) is 1.68. The summed E-state index contributed by atoms with van der Waals surface area (Å²) < 4.78 is 26.8. The molecule has 0 spiro atoms. The Hall–Kier alpha value is -0.210. The summed E-state index contributed by atoms with van der Waals surface area (Å²) in [5.41, 5.74) is 0. The maximum atomic E-state index is 11.5. The van der Waals surface area contributed by atoms with Gasteiger partial charge in [0.15, 0.2) is 0 Å². The van der Waals surface area contributed by atoms with Gasteiger partial charge in [0, 0.05) is 33.2 Å². The Bertz CT molecular complexity index is 281. The Morgan fingerprint density at radius 1 is 1.27 bits per heavy atom. The predicted octanol–water partition coefficient (Wildman–Crippen LogP) is -1.55. The van der Waals surface area contributed by atoms with Crippen LogP contribution in [0, 0.1) is 0 Å². The molecule has 7 heteroatoms. The Balaban J connectivity index is 2.53. The molecule has 0 aromatic heterocycles. The van der Waals surface area contributed by atoms with E-state index in [1.807, 2.05) is 0 Å². The maximum absolute atomic E-state index is 11.5. The standard InChI is InChI=1S/C8H19N3O3S/c1-9-15(13,14)11-4-2-3-10(5-6-11)7-8-12/h9,12H,2-8H2,1H3. The molecule has 0 aliphatic carbocycles. The highest BCUT2D eigenvalue weighted by Crippen LogP contribution is 2.05. The Labute approximate surface area is 91.0 Å². The van der Waals surface area contributed by atoms with E-state index < -0.39 is 10.2 Å². The molecule has 0 unspecified atom stereocenters. The molecule has 15 heavy (non-hydrogen) atoms. The Morgan fingerprint density at radius 3 is 2.60 bits per heavy atom. The molecule has 90 valence electrons. The summed E-state index contributed by atoms with van der Waals surface area (Å²) in [4.78, 5) is 2.07. The Morgan fingerprint density at radius 2 is 2.00 bits per heavy atom. The molecule has 1 rings (SSSR count). The lowest BCUT2D eigenvalue weighted by atomic mass is 10.4. The first-order valence-electron chi connectivity index (χ1n) is 5.12. The Kier molecular flexibility index (Phi) is 4.94. The third-order valence-electron chi connectivity index (χ3n) is 2.56. The van der Waals surface area contributed by atoms with Crippen LogP contribution in [0.5, 0.6) is 0 Å². The van der Waals surface area contributed by atoms with Crippen LogP contribution in [0.3, 0.4) is 0 Å². The number of aliphatic hydroxyl groups is 1. The summed E-state index contributed by atoms with van der Waals surface area (Å²) in [6, 6.07) is 0. The van der Waals surface area contributed by atoms with Crippen molar-refractivity contribution in [1.82, 2.24) is 13.9 Å². The monoisotopic (exact) mass is 237 g/mol. The van der Waals surface area contributed by atoms with Gasteiger partial charge in [-0.25, -0.2) is 4.72 Å². The largest absolute Gasteiger partial charge is 0.395 e. The van der Waals surface area contributed by atoms with Gasteiger partial charge < -0.3 is 5.11 Å². The van der Waals surface area contributed by atoms with Crippen molar-refractivity contribution in [1.29, 1.82) is 0 Å². The highest BCUT2D eigenvalue weighted by Gasteiger charge is 2.23. The molecule has 0 aromatic rings. The van der Waals surface area contributed by atoms with Gasteiger partial charge in [0.1, 0.15) is 0 Å². The third kappa shape index (κ3) is 3.69.